The second-order valence-corrected chi connectivity index (χ2v) is 8.04. The summed E-state index contributed by atoms with van der Waals surface area (Å²) in [5, 5.41) is 9.49. The van der Waals surface area contributed by atoms with Gasteiger partial charge < -0.3 is 9.84 Å². The topological polar surface area (TPSA) is 66.8 Å². The van der Waals surface area contributed by atoms with Crippen LogP contribution in [0.5, 0.6) is 5.75 Å². The highest BCUT2D eigenvalue weighted by molar-refractivity contribution is 8.26. The Morgan fingerprint density at radius 2 is 1.93 bits per heavy atom. The number of para-hydroxylation sites is 1. The van der Waals surface area contributed by atoms with Gasteiger partial charge in [0, 0.05) is 17.1 Å². The van der Waals surface area contributed by atoms with Crippen molar-refractivity contribution in [3.8, 4) is 5.75 Å². The number of rotatable bonds is 7. The van der Waals surface area contributed by atoms with E-state index >= 15 is 0 Å². The van der Waals surface area contributed by atoms with E-state index in [0.29, 0.717) is 26.6 Å². The van der Waals surface area contributed by atoms with Crippen LogP contribution in [-0.2, 0) is 16.2 Å². The van der Waals surface area contributed by atoms with Crippen molar-refractivity contribution in [3.63, 3.8) is 0 Å². The van der Waals surface area contributed by atoms with Gasteiger partial charge in [-0.15, -0.1) is 0 Å². The van der Waals surface area contributed by atoms with E-state index in [-0.39, 0.29) is 18.9 Å². The molecule has 5 nitrogen and oxygen atoms in total. The molecule has 2 aromatic carbocycles. The molecule has 144 valence electrons. The fraction of sp³-hybridized carbons (Fsp3) is 0.150. The van der Waals surface area contributed by atoms with Gasteiger partial charge in [-0.05, 0) is 29.8 Å². The number of benzene rings is 2. The standard InChI is InChI=1S/C20H16ClNO4S2/c21-15-7-5-13(6-8-15)12-26-16-4-2-1-3-14(16)11-17-19(25)22(20(27)28-17)10-9-18(23)24/h1-8,11H,9-10,12H2,(H,23,24)/b17-11-. The maximum absolute atomic E-state index is 12.6. The fourth-order valence-electron chi connectivity index (χ4n) is 2.51. The molecule has 1 amide bonds. The van der Waals surface area contributed by atoms with E-state index in [2.05, 4.69) is 0 Å². The van der Waals surface area contributed by atoms with Crippen LogP contribution < -0.4 is 4.74 Å². The molecule has 28 heavy (non-hydrogen) atoms. The van der Waals surface area contributed by atoms with Crippen molar-refractivity contribution < 1.29 is 19.4 Å². The Kier molecular flexibility index (Phi) is 6.72. The molecule has 1 heterocycles. The molecule has 0 spiro atoms. The molecule has 0 unspecified atom stereocenters. The summed E-state index contributed by atoms with van der Waals surface area (Å²) in [6.07, 6.45) is 1.57. The van der Waals surface area contributed by atoms with Crippen LogP contribution in [0.2, 0.25) is 5.02 Å². The number of carbonyl (C=O) groups is 2. The lowest BCUT2D eigenvalue weighted by molar-refractivity contribution is -0.137. The van der Waals surface area contributed by atoms with Gasteiger partial charge in [-0.2, -0.15) is 0 Å². The van der Waals surface area contributed by atoms with Crippen molar-refractivity contribution in [1.29, 1.82) is 0 Å². The smallest absolute Gasteiger partial charge is 0.305 e. The van der Waals surface area contributed by atoms with E-state index in [1.54, 1.807) is 18.2 Å². The molecule has 0 saturated carbocycles. The minimum atomic E-state index is -0.973. The minimum Gasteiger partial charge on any atom is -0.488 e. The van der Waals surface area contributed by atoms with Crippen LogP contribution in [0, 0.1) is 0 Å². The van der Waals surface area contributed by atoms with Gasteiger partial charge in [0.25, 0.3) is 5.91 Å². The van der Waals surface area contributed by atoms with Gasteiger partial charge in [0.2, 0.25) is 0 Å². The van der Waals surface area contributed by atoms with Crippen LogP contribution in [0.4, 0.5) is 0 Å². The number of halogens is 1. The normalized spacial score (nSPS) is 15.3. The van der Waals surface area contributed by atoms with Crippen LogP contribution in [0.15, 0.2) is 53.4 Å². The third-order valence-corrected chi connectivity index (χ3v) is 5.57. The number of thioether (sulfide) groups is 1. The number of hydrogen-bond donors (Lipinski definition) is 1. The molecule has 1 aliphatic heterocycles. The Labute approximate surface area is 176 Å². The van der Waals surface area contributed by atoms with E-state index < -0.39 is 5.97 Å². The zero-order valence-corrected chi connectivity index (χ0v) is 17.0. The Balaban J connectivity index is 1.75. The van der Waals surface area contributed by atoms with Crippen molar-refractivity contribution >= 4 is 57.9 Å². The highest BCUT2D eigenvalue weighted by Gasteiger charge is 2.32. The molecule has 2 aromatic rings. The van der Waals surface area contributed by atoms with Gasteiger partial charge in [0.1, 0.15) is 16.7 Å². The van der Waals surface area contributed by atoms with E-state index in [1.165, 1.54) is 4.90 Å². The van der Waals surface area contributed by atoms with Gasteiger partial charge in [-0.3, -0.25) is 14.5 Å². The van der Waals surface area contributed by atoms with Crippen molar-refractivity contribution in [2.24, 2.45) is 0 Å². The molecule has 0 atom stereocenters. The van der Waals surface area contributed by atoms with Crippen molar-refractivity contribution in [1.82, 2.24) is 4.90 Å². The van der Waals surface area contributed by atoms with Crippen LogP contribution >= 0.6 is 35.6 Å². The van der Waals surface area contributed by atoms with Gasteiger partial charge in [-0.25, -0.2) is 0 Å². The minimum absolute atomic E-state index is 0.0616. The Morgan fingerprint density at radius 1 is 1.21 bits per heavy atom. The number of carboxylic acids is 1. The first kappa shape index (κ1) is 20.4. The first-order valence-electron chi connectivity index (χ1n) is 8.37. The molecule has 1 fully saturated rings. The van der Waals surface area contributed by atoms with E-state index in [4.69, 9.17) is 33.7 Å². The Morgan fingerprint density at radius 3 is 2.64 bits per heavy atom. The highest BCUT2D eigenvalue weighted by atomic mass is 35.5. The lowest BCUT2D eigenvalue weighted by Crippen LogP contribution is -2.30. The van der Waals surface area contributed by atoms with E-state index in [1.807, 2.05) is 36.4 Å². The van der Waals surface area contributed by atoms with Gasteiger partial charge in [0.05, 0.1) is 11.3 Å². The first-order valence-corrected chi connectivity index (χ1v) is 9.98. The van der Waals surface area contributed by atoms with E-state index in [9.17, 15) is 9.59 Å². The maximum Gasteiger partial charge on any atom is 0.305 e. The number of carbonyl (C=O) groups excluding carboxylic acids is 1. The highest BCUT2D eigenvalue weighted by Crippen LogP contribution is 2.34. The number of ether oxygens (including phenoxy) is 1. The van der Waals surface area contributed by atoms with Crippen LogP contribution in [0.1, 0.15) is 17.5 Å². The largest absolute Gasteiger partial charge is 0.488 e. The van der Waals surface area contributed by atoms with Crippen molar-refractivity contribution in [3.05, 3.63) is 69.6 Å². The number of amides is 1. The van der Waals surface area contributed by atoms with Gasteiger partial charge >= 0.3 is 5.97 Å². The van der Waals surface area contributed by atoms with Crippen LogP contribution in [-0.4, -0.2) is 32.7 Å². The second kappa shape index (κ2) is 9.23. The third kappa shape index (κ3) is 5.13. The molecule has 0 bridgehead atoms. The monoisotopic (exact) mass is 433 g/mol. The quantitative estimate of drug-likeness (QED) is 0.508. The van der Waals surface area contributed by atoms with E-state index in [0.717, 1.165) is 22.9 Å². The number of carboxylic acid groups (broad SMARTS) is 1. The Bertz CT molecular complexity index is 943. The van der Waals surface area contributed by atoms with Crippen LogP contribution in [0.25, 0.3) is 6.08 Å². The molecule has 0 aromatic heterocycles. The molecule has 3 rings (SSSR count). The first-order chi connectivity index (χ1) is 13.4. The summed E-state index contributed by atoms with van der Waals surface area (Å²) in [5.41, 5.74) is 1.72. The summed E-state index contributed by atoms with van der Waals surface area (Å²) in [6.45, 7) is 0.424. The van der Waals surface area contributed by atoms with Crippen molar-refractivity contribution in [2.45, 2.75) is 13.0 Å². The lowest BCUT2D eigenvalue weighted by atomic mass is 10.1. The predicted octanol–water partition coefficient (Wildman–Crippen LogP) is 4.59. The number of hydrogen-bond acceptors (Lipinski definition) is 5. The average molecular weight is 434 g/mol. The second-order valence-electron chi connectivity index (χ2n) is 5.93. The molecular formula is C20H16ClNO4S2. The summed E-state index contributed by atoms with van der Waals surface area (Å²) >= 11 is 12.3. The molecule has 1 aliphatic rings. The van der Waals surface area contributed by atoms with Gasteiger partial charge in [0.15, 0.2) is 0 Å². The zero-order chi connectivity index (χ0) is 20.1. The number of thiocarbonyl (C=S) groups is 1. The summed E-state index contributed by atoms with van der Waals surface area (Å²) in [4.78, 5) is 25.1. The fourth-order valence-corrected chi connectivity index (χ4v) is 3.94. The lowest BCUT2D eigenvalue weighted by Gasteiger charge is -2.12. The summed E-state index contributed by atoms with van der Waals surface area (Å²) in [7, 11) is 0. The molecule has 8 heteroatoms. The SMILES string of the molecule is O=C(O)CCN1C(=O)/C(=C/c2ccccc2OCc2ccc(Cl)cc2)SC1=S. The van der Waals surface area contributed by atoms with Gasteiger partial charge in [-0.1, -0.05) is 65.9 Å². The zero-order valence-electron chi connectivity index (χ0n) is 14.6. The summed E-state index contributed by atoms with van der Waals surface area (Å²) < 4.78 is 6.27. The van der Waals surface area contributed by atoms with Crippen LogP contribution in [0.3, 0.4) is 0 Å². The molecular weight excluding hydrogens is 418 g/mol. The van der Waals surface area contributed by atoms with Crippen molar-refractivity contribution in [2.75, 3.05) is 6.54 Å². The third-order valence-electron chi connectivity index (χ3n) is 3.94. The molecule has 1 saturated heterocycles. The summed E-state index contributed by atoms with van der Waals surface area (Å²) in [5.74, 6) is -0.629. The number of aliphatic carboxylic acids is 1. The molecule has 0 aliphatic carbocycles. The predicted molar refractivity (Wildman–Crippen MR) is 114 cm³/mol. The number of nitrogens with zero attached hydrogens (tertiary/aromatic N) is 1. The molecule has 1 N–H and O–H groups in total. The Hall–Kier alpha value is -2.35. The summed E-state index contributed by atoms with van der Waals surface area (Å²) in [6, 6.07) is 14.8. The average Bonchev–Trinajstić information content (AvgIpc) is 2.93. The molecule has 0 radical (unpaired) electrons. The maximum atomic E-state index is 12.6.